The number of carbonyl (C=O) groups is 3. The number of nitrogens with zero attached hydrogens (tertiary/aromatic N) is 1. The van der Waals surface area contributed by atoms with Crippen LogP contribution in [0.15, 0.2) is 54.6 Å². The molecule has 1 N–H and O–H groups in total. The Labute approximate surface area is 203 Å². The Kier molecular flexibility index (Phi) is 5.76. The van der Waals surface area contributed by atoms with E-state index in [1.165, 1.54) is 11.0 Å². The summed E-state index contributed by atoms with van der Waals surface area (Å²) in [6.45, 7) is 6.84. The van der Waals surface area contributed by atoms with Crippen molar-refractivity contribution in [1.82, 2.24) is 5.32 Å². The minimum atomic E-state index is -0.427. The first-order chi connectivity index (χ1) is 16.8. The zero-order valence-corrected chi connectivity index (χ0v) is 19.9. The van der Waals surface area contributed by atoms with Crippen molar-refractivity contribution in [2.24, 2.45) is 0 Å². The molecule has 2 aliphatic heterocycles. The number of aryl methyl sites for hydroxylation is 2. The van der Waals surface area contributed by atoms with E-state index in [4.69, 9.17) is 9.47 Å². The Morgan fingerprint density at radius 2 is 1.63 bits per heavy atom. The monoisotopic (exact) mass is 470 g/mol. The molecule has 0 fully saturated rings. The van der Waals surface area contributed by atoms with Crippen molar-refractivity contribution in [2.45, 2.75) is 33.2 Å². The number of fused-ring (bicyclic) bond motifs is 2. The van der Waals surface area contributed by atoms with Crippen molar-refractivity contribution in [1.29, 1.82) is 0 Å². The molecule has 3 aromatic rings. The highest BCUT2D eigenvalue weighted by Gasteiger charge is 2.38. The molecule has 0 spiro atoms. The van der Waals surface area contributed by atoms with Crippen molar-refractivity contribution in [3.63, 3.8) is 0 Å². The second-order valence-electron chi connectivity index (χ2n) is 8.95. The number of hydrogen-bond acceptors (Lipinski definition) is 5. The first kappa shape index (κ1) is 22.7. The average molecular weight is 471 g/mol. The normalized spacial score (nSPS) is 15.5. The van der Waals surface area contributed by atoms with Crippen LogP contribution in [0.25, 0.3) is 0 Å². The largest absolute Gasteiger partial charge is 0.490 e. The van der Waals surface area contributed by atoms with Crippen molar-refractivity contribution >= 4 is 23.4 Å². The van der Waals surface area contributed by atoms with Gasteiger partial charge in [0.25, 0.3) is 17.7 Å². The summed E-state index contributed by atoms with van der Waals surface area (Å²) >= 11 is 0. The van der Waals surface area contributed by atoms with Crippen LogP contribution in [-0.2, 0) is 0 Å². The van der Waals surface area contributed by atoms with E-state index >= 15 is 0 Å². The average Bonchev–Trinajstić information content (AvgIpc) is 2.99. The van der Waals surface area contributed by atoms with Crippen LogP contribution in [-0.4, -0.2) is 30.9 Å². The molecule has 178 valence electrons. The van der Waals surface area contributed by atoms with E-state index in [9.17, 15) is 14.4 Å². The molecule has 0 saturated heterocycles. The van der Waals surface area contributed by atoms with Gasteiger partial charge in [0.2, 0.25) is 0 Å². The number of rotatable bonds is 4. The fraction of sp³-hybridized carbons (Fsp3) is 0.250. The zero-order chi connectivity index (χ0) is 24.7. The first-order valence-corrected chi connectivity index (χ1v) is 11.6. The highest BCUT2D eigenvalue weighted by Crippen LogP contribution is 2.33. The van der Waals surface area contributed by atoms with Crippen LogP contribution in [0, 0.1) is 13.8 Å². The molecule has 1 atom stereocenters. The van der Waals surface area contributed by atoms with E-state index in [1.807, 2.05) is 57.2 Å². The van der Waals surface area contributed by atoms with E-state index < -0.39 is 5.91 Å². The molecule has 3 aromatic carbocycles. The van der Waals surface area contributed by atoms with Gasteiger partial charge in [0, 0.05) is 12.0 Å². The van der Waals surface area contributed by atoms with Crippen LogP contribution < -0.4 is 19.7 Å². The smallest absolute Gasteiger partial charge is 0.266 e. The van der Waals surface area contributed by atoms with Crippen LogP contribution in [0.1, 0.15) is 67.2 Å². The fourth-order valence-corrected chi connectivity index (χ4v) is 4.37. The number of anilines is 1. The fourth-order valence-electron chi connectivity index (χ4n) is 4.37. The third kappa shape index (κ3) is 4.14. The second kappa shape index (κ2) is 8.91. The Bertz CT molecular complexity index is 1360. The van der Waals surface area contributed by atoms with Gasteiger partial charge in [-0.15, -0.1) is 0 Å². The topological polar surface area (TPSA) is 84.9 Å². The first-order valence-electron chi connectivity index (χ1n) is 11.6. The number of ether oxygens (including phenoxy) is 2. The second-order valence-corrected chi connectivity index (χ2v) is 8.95. The molecule has 2 heterocycles. The predicted octanol–water partition coefficient (Wildman–Crippen LogP) is 4.76. The number of carbonyl (C=O) groups excluding carboxylic acids is 3. The molecule has 5 rings (SSSR count). The van der Waals surface area contributed by atoms with Gasteiger partial charge in [0.05, 0.1) is 36.1 Å². The summed E-state index contributed by atoms with van der Waals surface area (Å²) in [6, 6.07) is 15.6. The maximum Gasteiger partial charge on any atom is 0.266 e. The molecule has 0 aliphatic carbocycles. The van der Waals surface area contributed by atoms with Crippen molar-refractivity contribution in [2.75, 3.05) is 18.1 Å². The maximum atomic E-state index is 13.2. The van der Waals surface area contributed by atoms with Gasteiger partial charge in [-0.1, -0.05) is 18.2 Å². The minimum absolute atomic E-state index is 0.229. The van der Waals surface area contributed by atoms with Gasteiger partial charge in [-0.2, -0.15) is 0 Å². The Morgan fingerprint density at radius 3 is 2.43 bits per heavy atom. The van der Waals surface area contributed by atoms with Crippen molar-refractivity contribution < 1.29 is 23.9 Å². The minimum Gasteiger partial charge on any atom is -0.490 e. The van der Waals surface area contributed by atoms with Crippen LogP contribution in [0.4, 0.5) is 5.69 Å². The molecule has 7 nitrogen and oxygen atoms in total. The van der Waals surface area contributed by atoms with E-state index in [0.29, 0.717) is 41.5 Å². The zero-order valence-electron chi connectivity index (χ0n) is 19.9. The lowest BCUT2D eigenvalue weighted by atomic mass is 10.0. The molecular formula is C28H26N2O5. The molecule has 35 heavy (non-hydrogen) atoms. The molecule has 7 heteroatoms. The number of imide groups is 1. The van der Waals surface area contributed by atoms with Gasteiger partial charge >= 0.3 is 0 Å². The maximum absolute atomic E-state index is 13.2. The summed E-state index contributed by atoms with van der Waals surface area (Å²) in [4.78, 5) is 40.5. The molecule has 1 unspecified atom stereocenters. The molecule has 0 bridgehead atoms. The summed E-state index contributed by atoms with van der Waals surface area (Å²) < 4.78 is 11.4. The molecular weight excluding hydrogens is 444 g/mol. The van der Waals surface area contributed by atoms with E-state index in [2.05, 4.69) is 5.32 Å². The summed E-state index contributed by atoms with van der Waals surface area (Å²) in [5, 5.41) is 2.97. The quantitative estimate of drug-likeness (QED) is 0.556. The SMILES string of the molecule is Cc1ccc(C)c(N2C(=O)c3ccc(C(=O)NC(C)c4ccc5c(c4)OCCCO5)cc3C2=O)c1. The third-order valence-electron chi connectivity index (χ3n) is 6.37. The van der Waals surface area contributed by atoms with E-state index in [-0.39, 0.29) is 23.4 Å². The number of amides is 3. The molecule has 0 radical (unpaired) electrons. The number of nitrogens with one attached hydrogen (secondary N) is 1. The molecule has 0 saturated carbocycles. The van der Waals surface area contributed by atoms with Gasteiger partial charge in [-0.3, -0.25) is 14.4 Å². The van der Waals surface area contributed by atoms with Gasteiger partial charge in [0.15, 0.2) is 11.5 Å². The number of hydrogen-bond donors (Lipinski definition) is 1. The van der Waals surface area contributed by atoms with Crippen LogP contribution in [0.5, 0.6) is 11.5 Å². The lowest BCUT2D eigenvalue weighted by molar-refractivity contribution is 0.0921. The van der Waals surface area contributed by atoms with Crippen molar-refractivity contribution in [3.8, 4) is 11.5 Å². The van der Waals surface area contributed by atoms with Crippen LogP contribution >= 0.6 is 0 Å². The number of benzene rings is 3. The van der Waals surface area contributed by atoms with Crippen LogP contribution in [0.3, 0.4) is 0 Å². The summed E-state index contributed by atoms with van der Waals surface area (Å²) in [5.41, 5.74) is 4.04. The van der Waals surface area contributed by atoms with Gasteiger partial charge in [-0.05, 0) is 73.9 Å². The summed E-state index contributed by atoms with van der Waals surface area (Å²) in [5.74, 6) is 0.211. The third-order valence-corrected chi connectivity index (χ3v) is 6.37. The van der Waals surface area contributed by atoms with Crippen LogP contribution in [0.2, 0.25) is 0 Å². The Hall–Kier alpha value is -4.13. The highest BCUT2D eigenvalue weighted by atomic mass is 16.5. The Balaban J connectivity index is 1.37. The Morgan fingerprint density at radius 1 is 0.886 bits per heavy atom. The molecule has 3 amide bonds. The molecule has 0 aromatic heterocycles. The van der Waals surface area contributed by atoms with Gasteiger partial charge in [-0.25, -0.2) is 4.90 Å². The lowest BCUT2D eigenvalue weighted by Gasteiger charge is -2.17. The van der Waals surface area contributed by atoms with Gasteiger partial charge < -0.3 is 14.8 Å². The summed E-state index contributed by atoms with van der Waals surface area (Å²) in [6.07, 6.45) is 0.816. The summed E-state index contributed by atoms with van der Waals surface area (Å²) in [7, 11) is 0. The van der Waals surface area contributed by atoms with E-state index in [1.54, 1.807) is 12.1 Å². The van der Waals surface area contributed by atoms with E-state index in [0.717, 1.165) is 23.1 Å². The van der Waals surface area contributed by atoms with Gasteiger partial charge in [0.1, 0.15) is 0 Å². The predicted molar refractivity (Wildman–Crippen MR) is 131 cm³/mol. The highest BCUT2D eigenvalue weighted by molar-refractivity contribution is 6.35. The standard InChI is InChI=1S/C28H26N2O5/c1-16-5-6-17(2)23(13-16)30-27(32)21-9-7-20(14-22(21)28(30)33)26(31)29-18(3)19-8-10-24-25(15-19)35-12-4-11-34-24/h5-10,13-15,18H,4,11-12H2,1-3H3,(H,29,31). The van der Waals surface area contributed by atoms with Crippen molar-refractivity contribution in [3.05, 3.63) is 88.0 Å². The molecule has 2 aliphatic rings. The lowest BCUT2D eigenvalue weighted by Crippen LogP contribution is -2.30.